The number of hydrogen-bond donors (Lipinski definition) is 0. The van der Waals surface area contributed by atoms with E-state index in [9.17, 15) is 0 Å². The van der Waals surface area contributed by atoms with Gasteiger partial charge in [0.1, 0.15) is 0 Å². The Balaban J connectivity index is -0.0000000145. The molecule has 0 unspecified atom stereocenters. The van der Waals surface area contributed by atoms with Crippen LogP contribution in [0.1, 0.15) is 0 Å². The maximum atomic E-state index is 8.24. The second kappa shape index (κ2) is 199. The van der Waals surface area contributed by atoms with Crippen LogP contribution in [-0.4, -0.2) is 24.3 Å². The molecule has 14 heavy (non-hydrogen) atoms. The Hall–Kier alpha value is -1.47. The van der Waals surface area contributed by atoms with E-state index in [1.54, 1.807) is 0 Å². The molecule has 0 radical (unpaired) electrons. The molecule has 0 aromatic heterocycles. The van der Waals surface area contributed by atoms with Gasteiger partial charge in [-0.25, -0.2) is 0 Å². The van der Waals surface area contributed by atoms with Crippen molar-refractivity contribution >= 4 is 24.3 Å². The Morgan fingerprint density at radius 3 is 0.571 bits per heavy atom. The molecule has 10 heteroatoms. The molecule has 0 aliphatic heterocycles. The van der Waals surface area contributed by atoms with E-state index in [1.807, 2.05) is 0 Å². The van der Waals surface area contributed by atoms with Gasteiger partial charge in [-0.1, -0.05) is 0 Å². The maximum Gasteiger partial charge on any atom is 2.00 e. The molecule has 0 aromatic carbocycles. The fourth-order valence-electron chi connectivity index (χ4n) is 0. The van der Waals surface area contributed by atoms with E-state index in [0.717, 1.165) is 0 Å². The third kappa shape index (κ3) is 445. The Morgan fingerprint density at radius 2 is 0.571 bits per heavy atom. The second-order valence-electron chi connectivity index (χ2n) is 0.365. The van der Waals surface area contributed by atoms with E-state index >= 15 is 0 Å². The van der Waals surface area contributed by atoms with E-state index in [1.165, 1.54) is 0 Å². The summed E-state index contributed by atoms with van der Waals surface area (Å²) in [4.78, 5) is 32.9. The number of carbonyl (C=O) groups excluding carboxylic acids is 4. The molecule has 78 valence electrons. The van der Waals surface area contributed by atoms with Crippen molar-refractivity contribution < 1.29 is 52.7 Å². The summed E-state index contributed by atoms with van der Waals surface area (Å²) in [7, 11) is 0. The van der Waals surface area contributed by atoms with Gasteiger partial charge >= 0.3 is 33.6 Å². The maximum absolute atomic E-state index is 8.24. The van der Waals surface area contributed by atoms with E-state index in [2.05, 4.69) is 0 Å². The van der Waals surface area contributed by atoms with Gasteiger partial charge in [0.2, 0.25) is 0 Å². The molecule has 8 nitrogen and oxygen atoms in total. The summed E-state index contributed by atoms with van der Waals surface area (Å²) in [6.45, 7) is 0. The van der Waals surface area contributed by atoms with Gasteiger partial charge in [-0.2, -0.15) is 0 Å². The monoisotopic (exact) mass is 282 g/mol. The van der Waals surface area contributed by atoms with Crippen molar-refractivity contribution in [2.24, 2.45) is 0 Å². The zero-order chi connectivity index (χ0) is 10.8. The predicted molar refractivity (Wildman–Crippen MR) is 36.2 cm³/mol. The van der Waals surface area contributed by atoms with E-state index in [0.29, 0.717) is 24.3 Å². The van der Waals surface area contributed by atoms with Crippen LogP contribution in [0.3, 0.4) is 0 Å². The number of isocyanates is 4. The first-order valence-corrected chi connectivity index (χ1v) is 1.71. The van der Waals surface area contributed by atoms with Crippen LogP contribution in [0.5, 0.6) is 0 Å². The Bertz CT molecular complexity index is 161. The van der Waals surface area contributed by atoms with Gasteiger partial charge in [-0.3, -0.25) is 19.2 Å². The minimum absolute atomic E-state index is 0. The fourth-order valence-corrected chi connectivity index (χ4v) is 0. The molecule has 0 aromatic rings. The van der Waals surface area contributed by atoms with Crippen LogP contribution in [-0.2, 0) is 52.7 Å². The van der Waals surface area contributed by atoms with Crippen molar-refractivity contribution in [1.29, 1.82) is 0 Å². The van der Waals surface area contributed by atoms with Gasteiger partial charge in [0.15, 0.2) is 0 Å². The topological polar surface area (TPSA) is 157 Å². The number of rotatable bonds is 0. The Morgan fingerprint density at radius 1 is 0.571 bits per heavy atom. The minimum Gasteiger partial charge on any atom is -0.724 e. The molecule has 0 heterocycles. The van der Waals surface area contributed by atoms with Crippen molar-refractivity contribution in [3.8, 4) is 0 Å². The van der Waals surface area contributed by atoms with E-state index in [-0.39, 0.29) is 33.6 Å². The molecule has 0 fully saturated rings. The van der Waals surface area contributed by atoms with Gasteiger partial charge in [0.25, 0.3) is 0 Å². The van der Waals surface area contributed by atoms with Gasteiger partial charge < -0.3 is 21.6 Å². The van der Waals surface area contributed by atoms with Crippen LogP contribution >= 0.6 is 0 Å². The second-order valence-corrected chi connectivity index (χ2v) is 0.365. The van der Waals surface area contributed by atoms with E-state index < -0.39 is 0 Å². The summed E-state index contributed by atoms with van der Waals surface area (Å²) in [5.74, 6) is 0. The van der Waals surface area contributed by atoms with Gasteiger partial charge in [0, 0.05) is 0 Å². The van der Waals surface area contributed by atoms with Crippen LogP contribution in [0.15, 0.2) is 0 Å². The van der Waals surface area contributed by atoms with Gasteiger partial charge in [0.05, 0.1) is 0 Å². The van der Waals surface area contributed by atoms with Crippen LogP contribution < -0.4 is 0 Å². The molecule has 0 rings (SSSR count). The van der Waals surface area contributed by atoms with Crippen LogP contribution in [0, 0.1) is 0 Å². The zero-order valence-corrected chi connectivity index (χ0v) is 8.18. The quantitative estimate of drug-likeness (QED) is 0.335. The van der Waals surface area contributed by atoms with Crippen LogP contribution in [0.2, 0.25) is 0 Å². The molecule has 0 aliphatic carbocycles. The summed E-state index contributed by atoms with van der Waals surface area (Å²) in [5, 5.41) is 27.1. The largest absolute Gasteiger partial charge is 2.00 e. The Labute approximate surface area is 98.9 Å². The minimum atomic E-state index is 0. The van der Waals surface area contributed by atoms with Crippen LogP contribution in [0.25, 0.3) is 21.6 Å². The molecule has 0 amide bonds. The Kier molecular flexibility index (Phi) is 556. The standard InChI is InChI=1S/4CNO.Fe.Ni/c4*2-1-3;;/q4*-1;2*+2. The molecular weight excluding hydrogens is 283 g/mol. The molecular formula is C4FeN4NiO4. The smallest absolute Gasteiger partial charge is 0.724 e. The predicted octanol–water partition coefficient (Wildman–Crippen LogP) is -0.439. The average molecular weight is 283 g/mol. The molecule has 0 aliphatic rings. The van der Waals surface area contributed by atoms with Crippen molar-refractivity contribution in [3.63, 3.8) is 0 Å². The summed E-state index contributed by atoms with van der Waals surface area (Å²) in [6.07, 6.45) is 2.00. The first-order chi connectivity index (χ1) is 5.66. The van der Waals surface area contributed by atoms with Gasteiger partial charge in [-0.15, -0.1) is 0 Å². The number of nitrogens with zero attached hydrogens (tertiary/aromatic N) is 4. The molecule has 0 bridgehead atoms. The first-order valence-electron chi connectivity index (χ1n) is 1.71. The van der Waals surface area contributed by atoms with Crippen LogP contribution in [0.4, 0.5) is 0 Å². The summed E-state index contributed by atoms with van der Waals surface area (Å²) in [5.41, 5.74) is 0. The molecule has 0 atom stereocenters. The molecule has 0 saturated heterocycles. The zero-order valence-electron chi connectivity index (χ0n) is 6.09. The van der Waals surface area contributed by atoms with Crippen molar-refractivity contribution in [2.45, 2.75) is 0 Å². The normalized spacial score (nSPS) is 2.29. The molecule has 0 saturated carbocycles. The van der Waals surface area contributed by atoms with Gasteiger partial charge in [-0.05, 0) is 24.3 Å². The average Bonchev–Trinajstić information content (AvgIpc) is 1.92. The third-order valence-electron chi connectivity index (χ3n) is 0. The SMILES string of the molecule is [Fe+2].[N-]=C=O.[N-]=C=O.[N-]=C=O.[N-]=C=O.[Ni+2]. The third-order valence-corrected chi connectivity index (χ3v) is 0. The first kappa shape index (κ1) is 39.1. The van der Waals surface area contributed by atoms with Crippen molar-refractivity contribution in [1.82, 2.24) is 0 Å². The summed E-state index contributed by atoms with van der Waals surface area (Å²) < 4.78 is 0. The number of hydrogen-bond acceptors (Lipinski definition) is 4. The summed E-state index contributed by atoms with van der Waals surface area (Å²) in [6, 6.07) is 0. The summed E-state index contributed by atoms with van der Waals surface area (Å²) >= 11 is 0. The van der Waals surface area contributed by atoms with Crippen molar-refractivity contribution in [3.05, 3.63) is 21.6 Å². The molecule has 0 N–H and O–H groups in total. The fraction of sp³-hybridized carbons (Fsp3) is 0. The van der Waals surface area contributed by atoms with E-state index in [4.69, 9.17) is 40.8 Å². The molecule has 0 spiro atoms. The van der Waals surface area contributed by atoms with Crippen molar-refractivity contribution in [2.75, 3.05) is 0 Å².